The summed E-state index contributed by atoms with van der Waals surface area (Å²) in [6, 6.07) is 3.21. The van der Waals surface area contributed by atoms with Crippen LogP contribution in [0.1, 0.15) is 15.9 Å². The molecule has 1 aromatic carbocycles. The highest BCUT2D eigenvalue weighted by Gasteiger charge is 2.31. The number of nitrogens with one attached hydrogen (secondary N) is 1. The summed E-state index contributed by atoms with van der Waals surface area (Å²) < 4.78 is 0. The highest BCUT2D eigenvalue weighted by Crippen LogP contribution is 2.23. The number of hydrogen-bond donors (Lipinski definition) is 1. The van der Waals surface area contributed by atoms with Crippen LogP contribution in [-0.4, -0.2) is 26.0 Å². The van der Waals surface area contributed by atoms with Gasteiger partial charge in [0, 0.05) is 12.2 Å². The van der Waals surface area contributed by atoms with Crippen molar-refractivity contribution in [2.24, 2.45) is 0 Å². The Kier molecular flexibility index (Phi) is 4.12. The molecule has 0 saturated carbocycles. The highest BCUT2D eigenvalue weighted by atomic mass is 28.3. The molecule has 0 aromatic heterocycles. The molecule has 0 unspecified atom stereocenters. The Labute approximate surface area is 113 Å². The van der Waals surface area contributed by atoms with Gasteiger partial charge in [0.15, 0.2) is 0 Å². The van der Waals surface area contributed by atoms with Crippen LogP contribution in [0.2, 0.25) is 19.6 Å². The fourth-order valence-corrected chi connectivity index (χ4v) is 3.37. The fourth-order valence-electron chi connectivity index (χ4n) is 1.86. The largest absolute Gasteiger partial charge is 0.355 e. The van der Waals surface area contributed by atoms with Crippen LogP contribution in [0.3, 0.4) is 0 Å². The van der Waals surface area contributed by atoms with Crippen molar-refractivity contribution in [3.8, 4) is 12.3 Å². The van der Waals surface area contributed by atoms with Gasteiger partial charge in [0.25, 0.3) is 11.6 Å². The first-order chi connectivity index (χ1) is 8.73. The Morgan fingerprint density at radius 2 is 2.00 bits per heavy atom. The molecule has 0 spiro atoms. The van der Waals surface area contributed by atoms with E-state index in [1.807, 2.05) is 19.6 Å². The normalized spacial score (nSPS) is 10.7. The Balaban J connectivity index is 3.73. The average Bonchev–Trinajstić information content (AvgIpc) is 2.34. The summed E-state index contributed by atoms with van der Waals surface area (Å²) in [6.45, 7) is 5.99. The zero-order valence-corrected chi connectivity index (χ0v) is 12.4. The van der Waals surface area contributed by atoms with E-state index in [0.29, 0.717) is 5.19 Å². The molecule has 1 N–H and O–H groups in total. The van der Waals surface area contributed by atoms with Gasteiger partial charge in [0.2, 0.25) is 0 Å². The molecular formula is C13H16N2O3Si. The highest BCUT2D eigenvalue weighted by molar-refractivity contribution is 6.89. The van der Waals surface area contributed by atoms with Crippen LogP contribution in [0.4, 0.5) is 5.69 Å². The molecular weight excluding hydrogens is 260 g/mol. The monoisotopic (exact) mass is 276 g/mol. The van der Waals surface area contributed by atoms with Gasteiger partial charge in [0.05, 0.1) is 18.6 Å². The van der Waals surface area contributed by atoms with Crippen molar-refractivity contribution in [3.63, 3.8) is 0 Å². The summed E-state index contributed by atoms with van der Waals surface area (Å²) in [5.74, 6) is 1.87. The molecule has 19 heavy (non-hydrogen) atoms. The predicted molar refractivity (Wildman–Crippen MR) is 77.4 cm³/mol. The molecule has 0 aliphatic rings. The molecule has 0 bridgehead atoms. The number of nitro groups is 1. The Bertz CT molecular complexity index is 583. The molecule has 5 nitrogen and oxygen atoms in total. The number of carbonyl (C=O) groups excluding carboxylic acids is 1. The molecule has 1 amide bonds. The van der Waals surface area contributed by atoms with Crippen LogP contribution >= 0.6 is 0 Å². The van der Waals surface area contributed by atoms with Gasteiger partial charge in [-0.05, 0) is 6.07 Å². The summed E-state index contributed by atoms with van der Waals surface area (Å²) in [6.07, 6.45) is 5.37. The van der Waals surface area contributed by atoms with Crippen molar-refractivity contribution in [3.05, 3.63) is 33.4 Å². The van der Waals surface area contributed by atoms with Gasteiger partial charge in [-0.15, -0.1) is 6.42 Å². The lowest BCUT2D eigenvalue weighted by molar-refractivity contribution is -0.383. The molecule has 0 heterocycles. The van der Waals surface area contributed by atoms with Crippen molar-refractivity contribution < 1.29 is 9.72 Å². The lowest BCUT2D eigenvalue weighted by atomic mass is 10.1. The molecule has 0 fully saturated rings. The van der Waals surface area contributed by atoms with E-state index in [9.17, 15) is 14.9 Å². The van der Waals surface area contributed by atoms with Gasteiger partial charge in [-0.1, -0.05) is 31.6 Å². The second-order valence-electron chi connectivity index (χ2n) is 5.11. The summed E-state index contributed by atoms with van der Waals surface area (Å²) in [4.78, 5) is 22.5. The Morgan fingerprint density at radius 1 is 1.42 bits per heavy atom. The quantitative estimate of drug-likeness (QED) is 0.393. The molecule has 1 rings (SSSR count). The van der Waals surface area contributed by atoms with E-state index in [2.05, 4.69) is 11.2 Å². The third-order valence-electron chi connectivity index (χ3n) is 2.78. The minimum Gasteiger partial charge on any atom is -0.355 e. The van der Waals surface area contributed by atoms with Crippen molar-refractivity contribution in [1.82, 2.24) is 5.32 Å². The number of rotatable bonds is 3. The number of amides is 1. The first-order valence-electron chi connectivity index (χ1n) is 5.74. The van der Waals surface area contributed by atoms with Gasteiger partial charge in [-0.25, -0.2) is 0 Å². The average molecular weight is 276 g/mol. The molecule has 0 atom stereocenters. The van der Waals surface area contributed by atoms with E-state index in [1.54, 1.807) is 12.1 Å². The maximum atomic E-state index is 11.7. The van der Waals surface area contributed by atoms with Crippen molar-refractivity contribution in [2.75, 3.05) is 7.05 Å². The Hall–Kier alpha value is -2.13. The zero-order valence-electron chi connectivity index (χ0n) is 11.4. The van der Waals surface area contributed by atoms with Gasteiger partial charge < -0.3 is 5.32 Å². The standard InChI is InChI=1S/C13H16N2O3Si/c1-6-9-10(13(16)14-2)7-8-11(19(3,4)5)12(9)15(17)18/h1,7-8H,2-5H3,(H,14,16). The second-order valence-corrected chi connectivity index (χ2v) is 10.2. The summed E-state index contributed by atoms with van der Waals surface area (Å²) in [7, 11) is -0.466. The fraction of sp³-hybridized carbons (Fsp3) is 0.308. The van der Waals surface area contributed by atoms with Gasteiger partial charge in [-0.2, -0.15) is 0 Å². The van der Waals surface area contributed by atoms with Gasteiger partial charge >= 0.3 is 0 Å². The molecule has 0 aliphatic heterocycles. The predicted octanol–water partition coefficient (Wildman–Crippen LogP) is 1.48. The van der Waals surface area contributed by atoms with E-state index in [4.69, 9.17) is 6.42 Å². The van der Waals surface area contributed by atoms with Gasteiger partial charge in [0.1, 0.15) is 5.56 Å². The summed E-state index contributed by atoms with van der Waals surface area (Å²) in [5.41, 5.74) is 0.116. The maximum absolute atomic E-state index is 11.7. The third kappa shape index (κ3) is 2.82. The minimum atomic E-state index is -1.93. The lowest BCUT2D eigenvalue weighted by Gasteiger charge is -2.18. The first kappa shape index (κ1) is 14.9. The van der Waals surface area contributed by atoms with Gasteiger partial charge in [-0.3, -0.25) is 14.9 Å². The van der Waals surface area contributed by atoms with E-state index >= 15 is 0 Å². The van der Waals surface area contributed by atoms with Crippen LogP contribution in [0.5, 0.6) is 0 Å². The maximum Gasteiger partial charge on any atom is 0.284 e. The van der Waals surface area contributed by atoms with Crippen LogP contribution in [0.25, 0.3) is 0 Å². The smallest absolute Gasteiger partial charge is 0.284 e. The summed E-state index contributed by atoms with van der Waals surface area (Å²) >= 11 is 0. The molecule has 0 aliphatic carbocycles. The molecule has 6 heteroatoms. The SMILES string of the molecule is C#Cc1c(C(=O)NC)ccc([Si](C)(C)C)c1[N+](=O)[O-]. The van der Waals surface area contributed by atoms with E-state index in [1.165, 1.54) is 7.05 Å². The van der Waals surface area contributed by atoms with E-state index in [0.717, 1.165) is 0 Å². The number of nitro benzene ring substituents is 1. The zero-order chi connectivity index (χ0) is 14.8. The van der Waals surface area contributed by atoms with E-state index < -0.39 is 18.9 Å². The topological polar surface area (TPSA) is 72.2 Å². The first-order valence-corrected chi connectivity index (χ1v) is 9.24. The lowest BCUT2D eigenvalue weighted by Crippen LogP contribution is -2.40. The second kappa shape index (κ2) is 5.24. The Morgan fingerprint density at radius 3 is 2.37 bits per heavy atom. The van der Waals surface area contributed by atoms with Crippen LogP contribution in [0.15, 0.2) is 12.1 Å². The minimum absolute atomic E-state index is 0.0595. The van der Waals surface area contributed by atoms with Crippen molar-refractivity contribution >= 4 is 24.9 Å². The van der Waals surface area contributed by atoms with E-state index in [-0.39, 0.29) is 16.8 Å². The van der Waals surface area contributed by atoms with Crippen LogP contribution in [-0.2, 0) is 0 Å². The molecule has 0 radical (unpaired) electrons. The number of carbonyl (C=O) groups is 1. The van der Waals surface area contributed by atoms with Crippen molar-refractivity contribution in [2.45, 2.75) is 19.6 Å². The summed E-state index contributed by atoms with van der Waals surface area (Å²) in [5, 5.41) is 14.4. The molecule has 100 valence electrons. The number of hydrogen-bond acceptors (Lipinski definition) is 3. The van der Waals surface area contributed by atoms with Crippen LogP contribution in [0, 0.1) is 22.5 Å². The number of nitrogens with zero attached hydrogens (tertiary/aromatic N) is 1. The molecule has 0 saturated heterocycles. The number of benzene rings is 1. The third-order valence-corrected chi connectivity index (χ3v) is 4.80. The molecule has 1 aromatic rings. The number of terminal acetylenes is 1. The van der Waals surface area contributed by atoms with Crippen LogP contribution < -0.4 is 10.5 Å². The van der Waals surface area contributed by atoms with Crippen molar-refractivity contribution in [1.29, 1.82) is 0 Å².